The van der Waals surface area contributed by atoms with E-state index in [2.05, 4.69) is 19.3 Å². The Morgan fingerprint density at radius 1 is 1.37 bits per heavy atom. The number of thiophene rings is 1. The molecule has 0 amide bonds. The number of nitrogens with one attached hydrogen (secondary N) is 1. The van der Waals surface area contributed by atoms with Gasteiger partial charge in [0.05, 0.1) is 28.4 Å². The number of nitrogens with zero attached hydrogens (tertiary/aromatic N) is 1. The number of hydrogen-bond acceptors (Lipinski definition) is 5. The highest BCUT2D eigenvalue weighted by atomic mass is 32.1. The standard InChI is InChI=1S/C21H23N3O2S/c1-21(2)8-7-16-15(10-21)17(20(25)26)19(27-16)18-14-6-4-3-5-12(14)9-13(24-18)11-23-22/h3-6,9,23H,7-8,10-11,22H2,1-2H3,(H,25,26). The first kappa shape index (κ1) is 18.1. The van der Waals surface area contributed by atoms with Crippen LogP contribution in [-0.2, 0) is 19.4 Å². The Bertz CT molecular complexity index is 1040. The zero-order chi connectivity index (χ0) is 19.2. The number of rotatable bonds is 4. The highest BCUT2D eigenvalue weighted by molar-refractivity contribution is 7.16. The lowest BCUT2D eigenvalue weighted by Crippen LogP contribution is -2.22. The van der Waals surface area contributed by atoms with Gasteiger partial charge >= 0.3 is 5.97 Å². The lowest BCUT2D eigenvalue weighted by Gasteiger charge is -2.29. The second kappa shape index (κ2) is 6.71. The fourth-order valence-electron chi connectivity index (χ4n) is 3.94. The first-order valence-corrected chi connectivity index (χ1v) is 9.91. The third-order valence-corrected chi connectivity index (χ3v) is 6.58. The van der Waals surface area contributed by atoms with Crippen LogP contribution >= 0.6 is 11.3 Å². The number of benzene rings is 1. The van der Waals surface area contributed by atoms with E-state index in [0.29, 0.717) is 12.1 Å². The quantitative estimate of drug-likeness (QED) is 0.467. The van der Waals surface area contributed by atoms with E-state index in [-0.39, 0.29) is 5.41 Å². The number of nitrogens with two attached hydrogens (primary N) is 1. The molecule has 0 spiro atoms. The molecule has 140 valence electrons. The van der Waals surface area contributed by atoms with Crippen LogP contribution in [0.15, 0.2) is 30.3 Å². The molecule has 6 heteroatoms. The highest BCUT2D eigenvalue weighted by Crippen LogP contribution is 2.45. The summed E-state index contributed by atoms with van der Waals surface area (Å²) in [7, 11) is 0. The molecule has 3 aromatic rings. The molecule has 5 nitrogen and oxygen atoms in total. The summed E-state index contributed by atoms with van der Waals surface area (Å²) in [4.78, 5) is 19.0. The number of fused-ring (bicyclic) bond motifs is 2. The van der Waals surface area contributed by atoms with Crippen LogP contribution in [0.25, 0.3) is 21.3 Å². The SMILES string of the molecule is CC1(C)CCc2sc(-c3nc(CNN)cc4ccccc34)c(C(=O)O)c2C1. The van der Waals surface area contributed by atoms with E-state index in [0.717, 1.165) is 51.9 Å². The lowest BCUT2D eigenvalue weighted by atomic mass is 9.76. The van der Waals surface area contributed by atoms with Crippen molar-refractivity contribution in [1.82, 2.24) is 10.4 Å². The first-order valence-electron chi connectivity index (χ1n) is 9.10. The fourth-order valence-corrected chi connectivity index (χ4v) is 5.25. The van der Waals surface area contributed by atoms with E-state index in [4.69, 9.17) is 10.8 Å². The number of pyridine rings is 1. The maximum Gasteiger partial charge on any atom is 0.337 e. The summed E-state index contributed by atoms with van der Waals surface area (Å²) in [5.74, 6) is 4.63. The molecule has 2 aromatic heterocycles. The van der Waals surface area contributed by atoms with Gasteiger partial charge in [0.1, 0.15) is 0 Å². The third-order valence-electron chi connectivity index (χ3n) is 5.28. The van der Waals surface area contributed by atoms with Crippen LogP contribution in [0.2, 0.25) is 0 Å². The number of hydrogen-bond donors (Lipinski definition) is 3. The van der Waals surface area contributed by atoms with E-state index in [1.165, 1.54) is 4.88 Å². The molecular weight excluding hydrogens is 358 g/mol. The van der Waals surface area contributed by atoms with Crippen LogP contribution in [0.3, 0.4) is 0 Å². The summed E-state index contributed by atoms with van der Waals surface area (Å²) >= 11 is 1.59. The van der Waals surface area contributed by atoms with Crippen LogP contribution in [-0.4, -0.2) is 16.1 Å². The molecule has 0 aliphatic heterocycles. The monoisotopic (exact) mass is 381 g/mol. The Hall–Kier alpha value is -2.28. The summed E-state index contributed by atoms with van der Waals surface area (Å²) in [6.45, 7) is 4.85. The molecule has 0 bridgehead atoms. The molecular formula is C21H23N3O2S. The zero-order valence-corrected chi connectivity index (χ0v) is 16.3. The van der Waals surface area contributed by atoms with Crippen molar-refractivity contribution in [3.05, 3.63) is 52.0 Å². The molecule has 1 aromatic carbocycles. The molecule has 1 aliphatic carbocycles. The van der Waals surface area contributed by atoms with Crippen LogP contribution in [0, 0.1) is 5.41 Å². The van der Waals surface area contributed by atoms with Crippen molar-refractivity contribution in [3.63, 3.8) is 0 Å². The molecule has 0 saturated carbocycles. The number of carboxylic acids is 1. The fraction of sp³-hybridized carbons (Fsp3) is 0.333. The normalized spacial score (nSPS) is 15.7. The Morgan fingerprint density at radius 2 is 2.15 bits per heavy atom. The largest absolute Gasteiger partial charge is 0.478 e. The van der Waals surface area contributed by atoms with Gasteiger partial charge in [-0.05, 0) is 41.7 Å². The zero-order valence-electron chi connectivity index (χ0n) is 15.5. The van der Waals surface area contributed by atoms with Gasteiger partial charge in [-0.3, -0.25) is 11.3 Å². The maximum atomic E-state index is 12.2. The Balaban J connectivity index is 1.99. The Morgan fingerprint density at radius 3 is 2.89 bits per heavy atom. The summed E-state index contributed by atoms with van der Waals surface area (Å²) in [6.07, 6.45) is 2.79. The molecule has 0 fully saturated rings. The molecule has 2 heterocycles. The number of aromatic carboxylic acids is 1. The van der Waals surface area contributed by atoms with Gasteiger partial charge in [-0.1, -0.05) is 38.1 Å². The second-order valence-corrected chi connectivity index (χ2v) is 9.02. The number of carboxylic acid groups (broad SMARTS) is 1. The van der Waals surface area contributed by atoms with E-state index in [1.54, 1.807) is 11.3 Å². The highest BCUT2D eigenvalue weighted by Gasteiger charge is 2.33. The number of hydrazine groups is 1. The molecule has 1 aliphatic rings. The van der Waals surface area contributed by atoms with Crippen molar-refractivity contribution >= 4 is 28.1 Å². The van der Waals surface area contributed by atoms with Gasteiger partial charge in [-0.25, -0.2) is 9.78 Å². The Labute approximate surface area is 162 Å². The van der Waals surface area contributed by atoms with Gasteiger partial charge in [-0.2, -0.15) is 0 Å². The minimum atomic E-state index is -0.867. The molecule has 4 rings (SSSR count). The van der Waals surface area contributed by atoms with Crippen molar-refractivity contribution in [2.24, 2.45) is 11.3 Å². The van der Waals surface area contributed by atoms with Gasteiger partial charge in [0.25, 0.3) is 0 Å². The van der Waals surface area contributed by atoms with Crippen molar-refractivity contribution in [1.29, 1.82) is 0 Å². The first-order chi connectivity index (χ1) is 12.9. The van der Waals surface area contributed by atoms with E-state index in [9.17, 15) is 9.90 Å². The van der Waals surface area contributed by atoms with Crippen LogP contribution in [0.1, 0.15) is 46.8 Å². The summed E-state index contributed by atoms with van der Waals surface area (Å²) < 4.78 is 0. The van der Waals surface area contributed by atoms with Crippen LogP contribution < -0.4 is 11.3 Å². The van der Waals surface area contributed by atoms with E-state index in [1.807, 2.05) is 30.3 Å². The van der Waals surface area contributed by atoms with Crippen molar-refractivity contribution in [2.45, 2.75) is 39.7 Å². The van der Waals surface area contributed by atoms with Crippen LogP contribution in [0.5, 0.6) is 0 Å². The van der Waals surface area contributed by atoms with Gasteiger partial charge in [0.15, 0.2) is 0 Å². The van der Waals surface area contributed by atoms with E-state index < -0.39 is 5.97 Å². The second-order valence-electron chi connectivity index (χ2n) is 7.92. The summed E-state index contributed by atoms with van der Waals surface area (Å²) in [5, 5.41) is 12.0. The average Bonchev–Trinajstić information content (AvgIpc) is 2.98. The predicted octanol–water partition coefficient (Wildman–Crippen LogP) is 4.14. The van der Waals surface area contributed by atoms with Gasteiger partial charge < -0.3 is 5.11 Å². The number of carbonyl (C=O) groups is 1. The number of aryl methyl sites for hydroxylation is 1. The third kappa shape index (κ3) is 3.25. The lowest BCUT2D eigenvalue weighted by molar-refractivity contribution is 0.0696. The number of aromatic nitrogens is 1. The molecule has 4 N–H and O–H groups in total. The molecule has 0 unspecified atom stereocenters. The van der Waals surface area contributed by atoms with Gasteiger partial charge in [0.2, 0.25) is 0 Å². The molecule has 27 heavy (non-hydrogen) atoms. The minimum absolute atomic E-state index is 0.121. The van der Waals surface area contributed by atoms with Gasteiger partial charge in [0, 0.05) is 10.3 Å². The molecule has 0 radical (unpaired) electrons. The van der Waals surface area contributed by atoms with Crippen LogP contribution in [0.4, 0.5) is 0 Å². The predicted molar refractivity (Wildman–Crippen MR) is 109 cm³/mol. The molecule has 0 saturated heterocycles. The van der Waals surface area contributed by atoms with E-state index >= 15 is 0 Å². The molecule has 0 atom stereocenters. The van der Waals surface area contributed by atoms with Gasteiger partial charge in [-0.15, -0.1) is 11.3 Å². The summed E-state index contributed by atoms with van der Waals surface area (Å²) in [6, 6.07) is 9.97. The maximum absolute atomic E-state index is 12.2. The minimum Gasteiger partial charge on any atom is -0.478 e. The van der Waals surface area contributed by atoms with Crippen molar-refractivity contribution in [3.8, 4) is 10.6 Å². The Kier molecular flexibility index (Phi) is 4.50. The smallest absolute Gasteiger partial charge is 0.337 e. The topological polar surface area (TPSA) is 88.2 Å². The van der Waals surface area contributed by atoms with Crippen molar-refractivity contribution < 1.29 is 9.90 Å². The summed E-state index contributed by atoms with van der Waals surface area (Å²) in [5.41, 5.74) is 5.74. The van der Waals surface area contributed by atoms with Crippen molar-refractivity contribution in [2.75, 3.05) is 0 Å². The average molecular weight is 382 g/mol.